The molecule has 2 atom stereocenters. The Morgan fingerprint density at radius 2 is 1.78 bits per heavy atom. The van der Waals surface area contributed by atoms with E-state index in [0.717, 1.165) is 11.2 Å². The minimum Gasteiger partial charge on any atom is -0.454 e. The van der Waals surface area contributed by atoms with Crippen LogP contribution in [0.15, 0.2) is 54.7 Å². The number of anilines is 1. The zero-order valence-electron chi connectivity index (χ0n) is 19.9. The normalized spacial score (nSPS) is 21.4. The number of aromatic nitrogens is 2. The number of rotatable bonds is 4. The zero-order valence-corrected chi connectivity index (χ0v) is 19.9. The second-order valence-corrected chi connectivity index (χ2v) is 9.51. The molecule has 1 amide bonds. The van der Waals surface area contributed by atoms with E-state index in [4.69, 9.17) is 9.47 Å². The zero-order chi connectivity index (χ0) is 25.6. The molecule has 0 saturated carbocycles. The third-order valence-corrected chi connectivity index (χ3v) is 7.18. The number of hydrogen-bond acceptors (Lipinski definition) is 6. The van der Waals surface area contributed by atoms with E-state index in [2.05, 4.69) is 27.4 Å². The van der Waals surface area contributed by atoms with Crippen molar-refractivity contribution in [3.8, 4) is 11.5 Å². The SMILES string of the molecule is O=C(c1cnn2c1NC(c1ccc3c(c1)OCO3)CC2C(F)(F)F)N1CCN(Cc2ccccc2)CC1. The van der Waals surface area contributed by atoms with Gasteiger partial charge in [0.15, 0.2) is 17.5 Å². The maximum Gasteiger partial charge on any atom is 0.410 e. The monoisotopic (exact) mass is 513 g/mol. The van der Waals surface area contributed by atoms with Crippen molar-refractivity contribution in [1.29, 1.82) is 0 Å². The molecule has 8 nitrogen and oxygen atoms in total. The van der Waals surface area contributed by atoms with Gasteiger partial charge in [-0.2, -0.15) is 18.3 Å². The van der Waals surface area contributed by atoms with Gasteiger partial charge in [0.05, 0.1) is 12.2 Å². The molecule has 1 aromatic heterocycles. The van der Waals surface area contributed by atoms with Gasteiger partial charge in [0.2, 0.25) is 6.79 Å². The Balaban J connectivity index is 1.21. The third kappa shape index (κ3) is 4.59. The Kier molecular flexibility index (Phi) is 5.94. The number of benzene rings is 2. The molecule has 1 N–H and O–H groups in total. The van der Waals surface area contributed by atoms with E-state index in [9.17, 15) is 18.0 Å². The molecule has 2 unspecified atom stereocenters. The van der Waals surface area contributed by atoms with Gasteiger partial charge < -0.3 is 19.7 Å². The van der Waals surface area contributed by atoms with E-state index in [1.165, 1.54) is 11.8 Å². The van der Waals surface area contributed by atoms with Crippen LogP contribution >= 0.6 is 0 Å². The summed E-state index contributed by atoms with van der Waals surface area (Å²) in [6, 6.07) is 12.7. The average Bonchev–Trinajstić information content (AvgIpc) is 3.55. The predicted octanol–water partition coefficient (Wildman–Crippen LogP) is 4.23. The number of amides is 1. The molecule has 2 aromatic carbocycles. The van der Waals surface area contributed by atoms with Gasteiger partial charge in [-0.05, 0) is 23.3 Å². The number of hydrogen-bond donors (Lipinski definition) is 1. The van der Waals surface area contributed by atoms with Crippen LogP contribution in [0, 0.1) is 0 Å². The number of halogens is 3. The van der Waals surface area contributed by atoms with Crippen molar-refractivity contribution in [2.24, 2.45) is 0 Å². The topological polar surface area (TPSA) is 71.9 Å². The van der Waals surface area contributed by atoms with Crippen LogP contribution in [-0.4, -0.2) is 64.6 Å². The summed E-state index contributed by atoms with van der Waals surface area (Å²) in [4.78, 5) is 17.4. The molecule has 4 heterocycles. The Morgan fingerprint density at radius 1 is 1.03 bits per heavy atom. The van der Waals surface area contributed by atoms with Crippen LogP contribution in [0.25, 0.3) is 0 Å². The quantitative estimate of drug-likeness (QED) is 0.563. The second kappa shape index (κ2) is 9.29. The molecule has 0 bridgehead atoms. The lowest BCUT2D eigenvalue weighted by Gasteiger charge is -2.36. The molecule has 3 aromatic rings. The van der Waals surface area contributed by atoms with Crippen LogP contribution in [0.3, 0.4) is 0 Å². The van der Waals surface area contributed by atoms with Gasteiger partial charge in [-0.25, -0.2) is 4.68 Å². The summed E-state index contributed by atoms with van der Waals surface area (Å²) < 4.78 is 53.9. The fourth-order valence-corrected chi connectivity index (χ4v) is 5.19. The van der Waals surface area contributed by atoms with E-state index in [0.29, 0.717) is 43.2 Å². The largest absolute Gasteiger partial charge is 0.454 e. The number of fused-ring (bicyclic) bond motifs is 2. The van der Waals surface area contributed by atoms with Crippen molar-refractivity contribution in [2.75, 3.05) is 38.3 Å². The van der Waals surface area contributed by atoms with Crippen LogP contribution in [-0.2, 0) is 6.54 Å². The molecular formula is C26H26F3N5O3. The Bertz CT molecular complexity index is 1290. The van der Waals surface area contributed by atoms with Gasteiger partial charge in [-0.15, -0.1) is 0 Å². The summed E-state index contributed by atoms with van der Waals surface area (Å²) >= 11 is 0. The molecule has 1 saturated heterocycles. The molecule has 0 radical (unpaired) electrons. The maximum absolute atomic E-state index is 14.1. The molecule has 3 aliphatic heterocycles. The second-order valence-electron chi connectivity index (χ2n) is 9.51. The van der Waals surface area contributed by atoms with E-state index in [1.807, 2.05) is 18.2 Å². The Morgan fingerprint density at radius 3 is 2.54 bits per heavy atom. The van der Waals surface area contributed by atoms with Gasteiger partial charge in [0.1, 0.15) is 11.4 Å². The number of carbonyl (C=O) groups is 1. The molecule has 1 fully saturated rings. The number of piperazine rings is 1. The minimum atomic E-state index is -4.53. The van der Waals surface area contributed by atoms with E-state index < -0.39 is 18.3 Å². The predicted molar refractivity (Wildman–Crippen MR) is 128 cm³/mol. The van der Waals surface area contributed by atoms with Crippen molar-refractivity contribution >= 4 is 11.7 Å². The van der Waals surface area contributed by atoms with Crippen LogP contribution in [0.5, 0.6) is 11.5 Å². The average molecular weight is 514 g/mol. The molecule has 0 spiro atoms. The van der Waals surface area contributed by atoms with Crippen molar-refractivity contribution in [3.05, 3.63) is 71.4 Å². The molecule has 6 rings (SSSR count). The van der Waals surface area contributed by atoms with Crippen molar-refractivity contribution in [1.82, 2.24) is 19.6 Å². The summed E-state index contributed by atoms with van der Waals surface area (Å²) in [6.45, 7) is 3.21. The Labute approximate surface area is 211 Å². The first-order chi connectivity index (χ1) is 17.9. The summed E-state index contributed by atoms with van der Waals surface area (Å²) in [7, 11) is 0. The highest BCUT2D eigenvalue weighted by molar-refractivity contribution is 5.99. The fourth-order valence-electron chi connectivity index (χ4n) is 5.19. The standard InChI is InChI=1S/C26H26F3N5O3/c27-26(28,29)23-13-20(18-6-7-21-22(12-18)37-16-36-21)31-24-19(14-30-34(23)24)25(35)33-10-8-32(9-11-33)15-17-4-2-1-3-5-17/h1-7,12,14,20,23,31H,8-11,13,15-16H2. The highest BCUT2D eigenvalue weighted by Gasteiger charge is 2.47. The summed E-state index contributed by atoms with van der Waals surface area (Å²) in [5.74, 6) is 0.819. The number of alkyl halides is 3. The first-order valence-corrected chi connectivity index (χ1v) is 12.2. The summed E-state index contributed by atoms with van der Waals surface area (Å²) in [5, 5.41) is 7.17. The molecule has 11 heteroatoms. The van der Waals surface area contributed by atoms with Gasteiger partial charge in [0, 0.05) is 39.1 Å². The molecule has 37 heavy (non-hydrogen) atoms. The number of nitrogens with zero attached hydrogens (tertiary/aromatic N) is 4. The lowest BCUT2D eigenvalue weighted by Crippen LogP contribution is -2.48. The lowest BCUT2D eigenvalue weighted by molar-refractivity contribution is -0.173. The van der Waals surface area contributed by atoms with E-state index in [-0.39, 0.29) is 30.5 Å². The van der Waals surface area contributed by atoms with Crippen molar-refractivity contribution < 1.29 is 27.4 Å². The van der Waals surface area contributed by atoms with Crippen LogP contribution in [0.2, 0.25) is 0 Å². The molecule has 3 aliphatic rings. The first-order valence-electron chi connectivity index (χ1n) is 12.2. The highest BCUT2D eigenvalue weighted by atomic mass is 19.4. The van der Waals surface area contributed by atoms with Crippen LogP contribution < -0.4 is 14.8 Å². The smallest absolute Gasteiger partial charge is 0.410 e. The first kappa shape index (κ1) is 23.7. The third-order valence-electron chi connectivity index (χ3n) is 7.18. The number of nitrogens with one attached hydrogen (secondary N) is 1. The maximum atomic E-state index is 14.1. The molecule has 194 valence electrons. The van der Waals surface area contributed by atoms with Gasteiger partial charge in [-0.3, -0.25) is 9.69 Å². The van der Waals surface area contributed by atoms with Crippen LogP contribution in [0.1, 0.15) is 40.0 Å². The van der Waals surface area contributed by atoms with E-state index in [1.54, 1.807) is 23.1 Å². The fraction of sp³-hybridized carbons (Fsp3) is 0.385. The van der Waals surface area contributed by atoms with Gasteiger partial charge in [-0.1, -0.05) is 36.4 Å². The molecule has 0 aliphatic carbocycles. The Hall–Kier alpha value is -3.73. The van der Waals surface area contributed by atoms with Gasteiger partial charge >= 0.3 is 6.18 Å². The number of carbonyl (C=O) groups excluding carboxylic acids is 1. The summed E-state index contributed by atoms with van der Waals surface area (Å²) in [5.41, 5.74) is 1.97. The number of ether oxygens (including phenoxy) is 2. The highest BCUT2D eigenvalue weighted by Crippen LogP contribution is 2.46. The van der Waals surface area contributed by atoms with Crippen molar-refractivity contribution in [3.63, 3.8) is 0 Å². The minimum absolute atomic E-state index is 0.0755. The van der Waals surface area contributed by atoms with E-state index >= 15 is 0 Å². The van der Waals surface area contributed by atoms with Crippen LogP contribution in [0.4, 0.5) is 19.0 Å². The lowest BCUT2D eigenvalue weighted by atomic mass is 9.96. The molecular weight excluding hydrogens is 487 g/mol. The summed E-state index contributed by atoms with van der Waals surface area (Å²) in [6.07, 6.45) is -3.54. The van der Waals surface area contributed by atoms with Gasteiger partial charge in [0.25, 0.3) is 5.91 Å². The van der Waals surface area contributed by atoms with Crippen molar-refractivity contribution in [2.45, 2.75) is 31.2 Å².